The molecule has 0 radical (unpaired) electrons. The second kappa shape index (κ2) is 14.1. The number of benzene rings is 3. The summed E-state index contributed by atoms with van der Waals surface area (Å²) in [5.41, 5.74) is 4.55. The monoisotopic (exact) mass is 653 g/mol. The van der Waals surface area contributed by atoms with Gasteiger partial charge in [0.15, 0.2) is 11.5 Å². The van der Waals surface area contributed by atoms with Gasteiger partial charge in [0.2, 0.25) is 0 Å². The fourth-order valence-electron chi connectivity index (χ4n) is 7.75. The van der Waals surface area contributed by atoms with Gasteiger partial charge in [-0.2, -0.15) is 0 Å². The molecule has 1 aliphatic carbocycles. The fraction of sp³-hybridized carbons (Fsp3) is 0.436. The number of amides is 1. The van der Waals surface area contributed by atoms with Crippen LogP contribution in [-0.2, 0) is 26.1 Å². The second-order valence-electron chi connectivity index (χ2n) is 14.3. The van der Waals surface area contributed by atoms with Crippen molar-refractivity contribution >= 4 is 17.2 Å². The predicted molar refractivity (Wildman–Crippen MR) is 187 cm³/mol. The van der Waals surface area contributed by atoms with E-state index in [0.717, 1.165) is 73.1 Å². The molecule has 0 spiro atoms. The van der Waals surface area contributed by atoms with Gasteiger partial charge in [0.25, 0.3) is 5.91 Å². The summed E-state index contributed by atoms with van der Waals surface area (Å²) in [4.78, 5) is 23.2. The van der Waals surface area contributed by atoms with Crippen molar-refractivity contribution in [2.24, 2.45) is 10.8 Å². The average Bonchev–Trinajstić information content (AvgIpc) is 3.63. The van der Waals surface area contributed by atoms with Gasteiger partial charge >= 0.3 is 0 Å². The zero-order valence-corrected chi connectivity index (χ0v) is 29.1. The number of ether oxygens (including phenoxy) is 3. The molecule has 2 aliphatic rings. The lowest BCUT2D eigenvalue weighted by Gasteiger charge is -2.39. The predicted octanol–water partition coefficient (Wildman–Crippen LogP) is 8.03. The van der Waals surface area contributed by atoms with Crippen LogP contribution in [0.1, 0.15) is 72.2 Å². The van der Waals surface area contributed by atoms with Gasteiger partial charge in [-0.3, -0.25) is 9.69 Å². The molecular weight excluding hydrogens is 607 g/mol. The maximum absolute atomic E-state index is 13.8. The third kappa shape index (κ3) is 8.17. The van der Waals surface area contributed by atoms with Gasteiger partial charge in [-0.05, 0) is 77.5 Å². The third-order valence-electron chi connectivity index (χ3n) is 9.55. The van der Waals surface area contributed by atoms with Crippen molar-refractivity contribution < 1.29 is 19.0 Å². The summed E-state index contributed by atoms with van der Waals surface area (Å²) in [5.74, 6) is 2.39. The Kier molecular flexibility index (Phi) is 9.90. The molecule has 2 fully saturated rings. The molecular formula is C39H47N3O4S. The molecule has 1 saturated carbocycles. The number of rotatable bonds is 13. The number of methoxy groups -OCH3 is 2. The van der Waals surface area contributed by atoms with Crippen LogP contribution in [0.3, 0.4) is 0 Å². The standard InChI is InChI=1S/C39H47N3O4S/c1-38(2)20-31-21-39(3,26-38)27-42(31)37(43)33-25-47-36(40-33)23-41(18-17-28-13-16-34(44-4)35(19-28)45-5)22-29-11-14-32(15-12-29)46-24-30-9-7-6-8-10-30/h6-16,19,25,31H,17-18,20-24,26-27H2,1-5H3. The van der Waals surface area contributed by atoms with Crippen LogP contribution in [0.5, 0.6) is 17.2 Å². The van der Waals surface area contributed by atoms with Gasteiger partial charge in [-0.1, -0.05) is 69.3 Å². The molecule has 2 atom stereocenters. The molecule has 2 heterocycles. The lowest BCUT2D eigenvalue weighted by molar-refractivity contribution is 0.0702. The minimum Gasteiger partial charge on any atom is -0.493 e. The van der Waals surface area contributed by atoms with Gasteiger partial charge in [0.1, 0.15) is 23.1 Å². The summed E-state index contributed by atoms with van der Waals surface area (Å²) in [5, 5.41) is 2.91. The zero-order valence-electron chi connectivity index (χ0n) is 28.3. The van der Waals surface area contributed by atoms with Crippen LogP contribution in [-0.4, -0.2) is 54.0 Å². The Hall–Kier alpha value is -3.88. The molecule has 3 aromatic carbocycles. The van der Waals surface area contributed by atoms with Gasteiger partial charge < -0.3 is 19.1 Å². The van der Waals surface area contributed by atoms with Crippen molar-refractivity contribution in [3.8, 4) is 17.2 Å². The minimum absolute atomic E-state index is 0.0851. The van der Waals surface area contributed by atoms with Crippen molar-refractivity contribution in [1.29, 1.82) is 0 Å². The van der Waals surface area contributed by atoms with Crippen LogP contribution < -0.4 is 14.2 Å². The van der Waals surface area contributed by atoms with Gasteiger partial charge in [-0.15, -0.1) is 11.3 Å². The number of carbonyl (C=O) groups excluding carboxylic acids is 1. The summed E-state index contributed by atoms with van der Waals surface area (Å²) < 4.78 is 17.0. The normalized spacial score (nSPS) is 20.0. The van der Waals surface area contributed by atoms with E-state index < -0.39 is 0 Å². The van der Waals surface area contributed by atoms with E-state index in [1.807, 2.05) is 47.8 Å². The Balaban J connectivity index is 1.14. The fourth-order valence-corrected chi connectivity index (χ4v) is 8.55. The molecule has 6 rings (SSSR count). The molecule has 7 nitrogen and oxygen atoms in total. The number of likely N-dealkylation sites (tertiary alicyclic amines) is 1. The summed E-state index contributed by atoms with van der Waals surface area (Å²) in [6, 6.07) is 24.9. The van der Waals surface area contributed by atoms with E-state index in [1.165, 1.54) is 11.1 Å². The maximum atomic E-state index is 13.8. The molecule has 1 aromatic heterocycles. The van der Waals surface area contributed by atoms with E-state index in [2.05, 4.69) is 60.9 Å². The lowest BCUT2D eigenvalue weighted by Crippen LogP contribution is -2.37. The first-order valence-corrected chi connectivity index (χ1v) is 17.4. The van der Waals surface area contributed by atoms with Crippen molar-refractivity contribution in [3.05, 3.63) is 106 Å². The molecule has 1 saturated heterocycles. The average molecular weight is 654 g/mol. The molecule has 2 bridgehead atoms. The lowest BCUT2D eigenvalue weighted by atomic mass is 9.65. The highest BCUT2D eigenvalue weighted by Crippen LogP contribution is 2.52. The van der Waals surface area contributed by atoms with Gasteiger partial charge in [-0.25, -0.2) is 4.98 Å². The Bertz CT molecular complexity index is 1650. The highest BCUT2D eigenvalue weighted by Gasteiger charge is 2.51. The van der Waals surface area contributed by atoms with Crippen LogP contribution in [0.15, 0.2) is 78.2 Å². The van der Waals surface area contributed by atoms with E-state index >= 15 is 0 Å². The molecule has 1 amide bonds. The largest absolute Gasteiger partial charge is 0.493 e. The molecule has 4 aromatic rings. The van der Waals surface area contributed by atoms with E-state index in [9.17, 15) is 4.79 Å². The van der Waals surface area contributed by atoms with Crippen molar-refractivity contribution in [2.45, 2.75) is 72.2 Å². The van der Waals surface area contributed by atoms with Gasteiger partial charge in [0, 0.05) is 31.1 Å². The first-order chi connectivity index (χ1) is 22.6. The molecule has 248 valence electrons. The molecule has 1 aliphatic heterocycles. The van der Waals surface area contributed by atoms with Crippen LogP contribution in [0.25, 0.3) is 0 Å². The van der Waals surface area contributed by atoms with E-state index in [0.29, 0.717) is 24.9 Å². The van der Waals surface area contributed by atoms with E-state index in [1.54, 1.807) is 25.6 Å². The first kappa shape index (κ1) is 33.0. The quantitative estimate of drug-likeness (QED) is 0.146. The van der Waals surface area contributed by atoms with Crippen molar-refractivity contribution in [3.63, 3.8) is 0 Å². The Morgan fingerprint density at radius 2 is 1.66 bits per heavy atom. The number of fused-ring (bicyclic) bond motifs is 2. The Labute approximate surface area is 283 Å². The SMILES string of the molecule is COc1ccc(CCN(Cc2ccc(OCc3ccccc3)cc2)Cc2nc(C(=O)N3CC4(C)CC3CC(C)(C)C4)cs2)cc1OC. The summed E-state index contributed by atoms with van der Waals surface area (Å²) in [7, 11) is 3.32. The Morgan fingerprint density at radius 3 is 2.40 bits per heavy atom. The zero-order chi connectivity index (χ0) is 33.0. The summed E-state index contributed by atoms with van der Waals surface area (Å²) in [6.07, 6.45) is 4.15. The number of nitrogens with zero attached hydrogens (tertiary/aromatic N) is 3. The molecule has 8 heteroatoms. The molecule has 0 N–H and O–H groups in total. The van der Waals surface area contributed by atoms with Crippen LogP contribution >= 0.6 is 11.3 Å². The smallest absolute Gasteiger partial charge is 0.273 e. The van der Waals surface area contributed by atoms with Crippen molar-refractivity contribution in [1.82, 2.24) is 14.8 Å². The second-order valence-corrected chi connectivity index (χ2v) is 15.3. The number of carbonyl (C=O) groups is 1. The summed E-state index contributed by atoms with van der Waals surface area (Å²) in [6.45, 7) is 10.6. The topological polar surface area (TPSA) is 64.1 Å². The Morgan fingerprint density at radius 1 is 0.915 bits per heavy atom. The van der Waals surface area contributed by atoms with Crippen LogP contribution in [0, 0.1) is 10.8 Å². The highest BCUT2D eigenvalue weighted by atomic mass is 32.1. The minimum atomic E-state index is 0.0851. The summed E-state index contributed by atoms with van der Waals surface area (Å²) >= 11 is 1.58. The number of thiazole rings is 1. The molecule has 47 heavy (non-hydrogen) atoms. The van der Waals surface area contributed by atoms with Crippen molar-refractivity contribution in [2.75, 3.05) is 27.3 Å². The molecule has 2 unspecified atom stereocenters. The number of aromatic nitrogens is 1. The van der Waals surface area contributed by atoms with E-state index in [-0.39, 0.29) is 16.7 Å². The number of hydrogen-bond acceptors (Lipinski definition) is 7. The van der Waals surface area contributed by atoms with Gasteiger partial charge in [0.05, 0.1) is 20.8 Å². The number of hydrogen-bond donors (Lipinski definition) is 0. The highest BCUT2D eigenvalue weighted by molar-refractivity contribution is 7.09. The van der Waals surface area contributed by atoms with Crippen LogP contribution in [0.2, 0.25) is 0 Å². The first-order valence-electron chi connectivity index (χ1n) is 16.6. The maximum Gasteiger partial charge on any atom is 0.273 e. The van der Waals surface area contributed by atoms with E-state index in [4.69, 9.17) is 19.2 Å². The third-order valence-corrected chi connectivity index (χ3v) is 10.4. The van der Waals surface area contributed by atoms with Crippen LogP contribution in [0.4, 0.5) is 0 Å².